The molecule has 1 saturated heterocycles. The Morgan fingerprint density at radius 1 is 1.10 bits per heavy atom. The van der Waals surface area contributed by atoms with E-state index in [0.29, 0.717) is 49.0 Å². The summed E-state index contributed by atoms with van der Waals surface area (Å²) >= 11 is 5.90. The van der Waals surface area contributed by atoms with Crippen LogP contribution in [0, 0.1) is 28.4 Å². The normalized spacial score (nSPS) is 23.2. The SMILES string of the molecule is C[C@]1(c2ccc(Cl)cc2F)Oc2c(F)ccc(C3CCN(Cc4ncc(-c5n[nH]c(C(F)(F)F)n5)cc4CC4(C#N)CC4)CC3F)c2O1. The molecule has 2 aliphatic heterocycles. The lowest BCUT2D eigenvalue weighted by atomic mass is 9.86. The van der Waals surface area contributed by atoms with Gasteiger partial charge in [-0.15, -0.1) is 0 Å². The van der Waals surface area contributed by atoms with Crippen molar-refractivity contribution < 1.29 is 35.8 Å². The molecular formula is C33H27ClF6N6O2. The van der Waals surface area contributed by atoms with Crippen molar-refractivity contribution in [3.05, 3.63) is 87.5 Å². The molecule has 2 unspecified atom stereocenters. The molecule has 8 nitrogen and oxygen atoms in total. The maximum Gasteiger partial charge on any atom is 0.451 e. The van der Waals surface area contributed by atoms with Crippen molar-refractivity contribution >= 4 is 11.6 Å². The van der Waals surface area contributed by atoms with E-state index in [1.165, 1.54) is 37.4 Å². The van der Waals surface area contributed by atoms with E-state index in [1.807, 2.05) is 10.00 Å². The van der Waals surface area contributed by atoms with E-state index >= 15 is 4.39 Å². The van der Waals surface area contributed by atoms with Crippen molar-refractivity contribution in [2.24, 2.45) is 5.41 Å². The second kappa shape index (κ2) is 11.7. The van der Waals surface area contributed by atoms with Gasteiger partial charge in [0, 0.05) is 48.3 Å². The number of H-pyrrole nitrogens is 1. The molecule has 1 N–H and O–H groups in total. The number of pyridine rings is 1. The van der Waals surface area contributed by atoms with E-state index < -0.39 is 46.9 Å². The summed E-state index contributed by atoms with van der Waals surface area (Å²) in [7, 11) is 0. The zero-order valence-corrected chi connectivity index (χ0v) is 26.1. The Morgan fingerprint density at radius 3 is 2.54 bits per heavy atom. The van der Waals surface area contributed by atoms with Crippen molar-refractivity contribution in [1.29, 1.82) is 5.26 Å². The number of aromatic amines is 1. The number of likely N-dealkylation sites (tertiary alicyclic amines) is 1. The standard InChI is InChI=1S/C33H27ClF6N6O2/c1-31(22-4-2-19(34)11-24(22)36)47-27-21(3-5-23(35)28(27)48-31)20-6-9-46(14-25(20)37)15-26-17(12-32(16-41)7-8-32)10-18(13-42-26)29-43-30(45-44-29)33(38,39)40/h2-5,10-11,13,20,25H,6-9,12,14-15H2,1H3,(H,43,44,45)/t20?,25?,31-/m1/s1. The van der Waals surface area contributed by atoms with Gasteiger partial charge in [-0.2, -0.15) is 23.5 Å². The van der Waals surface area contributed by atoms with E-state index in [0.717, 1.165) is 6.07 Å². The Labute approximate surface area is 275 Å². The highest BCUT2D eigenvalue weighted by atomic mass is 35.5. The number of benzene rings is 2. The number of aromatic nitrogens is 4. The number of ether oxygens (including phenoxy) is 2. The van der Waals surface area contributed by atoms with E-state index in [2.05, 4.69) is 21.1 Å². The molecule has 3 aliphatic rings. The van der Waals surface area contributed by atoms with Gasteiger partial charge in [0.15, 0.2) is 17.4 Å². The number of hydrogen-bond donors (Lipinski definition) is 1. The summed E-state index contributed by atoms with van der Waals surface area (Å²) in [6.07, 6.45) is -2.73. The summed E-state index contributed by atoms with van der Waals surface area (Å²) in [5.41, 5.74) is 1.29. The number of nitriles is 1. The van der Waals surface area contributed by atoms with Gasteiger partial charge in [-0.3, -0.25) is 15.0 Å². The minimum Gasteiger partial charge on any atom is -0.444 e. The Hall–Kier alpha value is -4.35. The molecule has 250 valence electrons. The van der Waals surface area contributed by atoms with Gasteiger partial charge in [-0.05, 0) is 68.1 Å². The van der Waals surface area contributed by atoms with Crippen molar-refractivity contribution in [2.45, 2.75) is 63.2 Å². The van der Waals surface area contributed by atoms with Crippen molar-refractivity contribution in [3.63, 3.8) is 0 Å². The van der Waals surface area contributed by atoms with Gasteiger partial charge in [0.25, 0.3) is 5.79 Å². The first kappa shape index (κ1) is 32.2. The quantitative estimate of drug-likeness (QED) is 0.199. The van der Waals surface area contributed by atoms with Crippen LogP contribution in [0.5, 0.6) is 11.5 Å². The molecule has 15 heteroatoms. The largest absolute Gasteiger partial charge is 0.451 e. The Balaban J connectivity index is 1.11. The van der Waals surface area contributed by atoms with Crippen molar-refractivity contribution in [2.75, 3.05) is 13.1 Å². The van der Waals surface area contributed by atoms with Crippen LogP contribution in [-0.4, -0.2) is 44.3 Å². The third-order valence-corrected chi connectivity index (χ3v) is 9.43. The van der Waals surface area contributed by atoms with Gasteiger partial charge in [-0.1, -0.05) is 17.7 Å². The molecule has 48 heavy (non-hydrogen) atoms. The summed E-state index contributed by atoms with van der Waals surface area (Å²) in [6.45, 7) is 2.08. The number of alkyl halides is 4. The predicted octanol–water partition coefficient (Wildman–Crippen LogP) is 7.64. The Morgan fingerprint density at radius 2 is 1.88 bits per heavy atom. The molecule has 4 heterocycles. The first-order valence-corrected chi connectivity index (χ1v) is 15.6. The highest BCUT2D eigenvalue weighted by Crippen LogP contribution is 2.52. The van der Waals surface area contributed by atoms with Gasteiger partial charge >= 0.3 is 6.18 Å². The van der Waals surface area contributed by atoms with Crippen LogP contribution in [-0.2, 0) is 24.9 Å². The molecule has 3 atom stereocenters. The van der Waals surface area contributed by atoms with E-state index in [4.69, 9.17) is 21.1 Å². The molecule has 0 bridgehead atoms. The molecule has 4 aromatic rings. The first-order valence-electron chi connectivity index (χ1n) is 15.2. The zero-order valence-electron chi connectivity index (χ0n) is 25.3. The van der Waals surface area contributed by atoms with Crippen LogP contribution in [0.4, 0.5) is 26.3 Å². The Kier molecular flexibility index (Phi) is 7.83. The second-order valence-electron chi connectivity index (χ2n) is 12.6. The number of nitrogens with zero attached hydrogens (tertiary/aromatic N) is 5. The van der Waals surface area contributed by atoms with Gasteiger partial charge in [0.1, 0.15) is 12.0 Å². The first-order chi connectivity index (χ1) is 22.8. The minimum absolute atomic E-state index is 0.00243. The van der Waals surface area contributed by atoms with E-state index in [9.17, 15) is 27.2 Å². The number of fused-ring (bicyclic) bond motifs is 1. The van der Waals surface area contributed by atoms with Crippen LogP contribution >= 0.6 is 11.6 Å². The van der Waals surface area contributed by atoms with E-state index in [-0.39, 0.29) is 46.6 Å². The molecule has 7 rings (SSSR count). The number of halogens is 7. The topological polar surface area (TPSA) is 100.0 Å². The van der Waals surface area contributed by atoms with Gasteiger partial charge < -0.3 is 9.47 Å². The van der Waals surface area contributed by atoms with Crippen molar-refractivity contribution in [3.8, 4) is 29.0 Å². The summed E-state index contributed by atoms with van der Waals surface area (Å²) in [4.78, 5) is 9.94. The molecule has 2 fully saturated rings. The lowest BCUT2D eigenvalue weighted by molar-refractivity contribution is -0.144. The zero-order chi connectivity index (χ0) is 34.0. The second-order valence-corrected chi connectivity index (χ2v) is 13.1. The van der Waals surface area contributed by atoms with Crippen LogP contribution in [0.15, 0.2) is 42.6 Å². The predicted molar refractivity (Wildman–Crippen MR) is 160 cm³/mol. The number of piperidine rings is 1. The summed E-state index contributed by atoms with van der Waals surface area (Å²) in [5, 5.41) is 15.5. The minimum atomic E-state index is -4.70. The maximum absolute atomic E-state index is 16.0. The summed E-state index contributed by atoms with van der Waals surface area (Å²) < 4.78 is 97.0. The molecule has 2 aromatic carbocycles. The fourth-order valence-corrected chi connectivity index (χ4v) is 6.57. The maximum atomic E-state index is 16.0. The number of hydrogen-bond acceptors (Lipinski definition) is 7. The third kappa shape index (κ3) is 5.94. The highest BCUT2D eigenvalue weighted by molar-refractivity contribution is 6.30. The van der Waals surface area contributed by atoms with Crippen molar-refractivity contribution in [1.82, 2.24) is 25.1 Å². The summed E-state index contributed by atoms with van der Waals surface area (Å²) in [5.74, 6) is -5.46. The average Bonchev–Trinajstić information content (AvgIpc) is 3.43. The molecule has 2 aromatic heterocycles. The third-order valence-electron chi connectivity index (χ3n) is 9.20. The van der Waals surface area contributed by atoms with Crippen LogP contribution in [0.1, 0.15) is 60.3 Å². The summed E-state index contributed by atoms with van der Waals surface area (Å²) in [6, 6.07) is 10.5. The Bertz CT molecular complexity index is 1940. The highest BCUT2D eigenvalue weighted by Gasteiger charge is 2.46. The van der Waals surface area contributed by atoms with E-state index in [1.54, 1.807) is 6.07 Å². The lowest BCUT2D eigenvalue weighted by Crippen LogP contribution is -2.40. The molecule has 1 saturated carbocycles. The van der Waals surface area contributed by atoms with Gasteiger partial charge in [0.2, 0.25) is 11.6 Å². The van der Waals surface area contributed by atoms with Crippen LogP contribution < -0.4 is 9.47 Å². The molecular weight excluding hydrogens is 662 g/mol. The number of nitrogens with one attached hydrogen (secondary N) is 1. The fraction of sp³-hybridized carbons (Fsp3) is 0.394. The molecule has 1 aliphatic carbocycles. The van der Waals surface area contributed by atoms with Gasteiger partial charge in [-0.25, -0.2) is 18.2 Å². The molecule has 0 spiro atoms. The van der Waals surface area contributed by atoms with Gasteiger partial charge in [0.05, 0.1) is 22.7 Å². The monoisotopic (exact) mass is 688 g/mol. The average molecular weight is 689 g/mol. The lowest BCUT2D eigenvalue weighted by Gasteiger charge is -2.35. The fourth-order valence-electron chi connectivity index (χ4n) is 6.42. The molecule has 0 amide bonds. The smallest absolute Gasteiger partial charge is 0.444 e. The van der Waals surface area contributed by atoms with Crippen LogP contribution in [0.25, 0.3) is 11.4 Å². The van der Waals surface area contributed by atoms with Crippen LogP contribution in [0.2, 0.25) is 5.02 Å². The number of rotatable bonds is 7. The van der Waals surface area contributed by atoms with Crippen LogP contribution in [0.3, 0.4) is 0 Å². The molecule has 0 radical (unpaired) electrons.